The molecule has 72 valence electrons. The van der Waals surface area contributed by atoms with Crippen LogP contribution in [0.1, 0.15) is 36.3 Å². The van der Waals surface area contributed by atoms with Gasteiger partial charge in [0.05, 0.1) is 5.00 Å². The molecule has 0 bridgehead atoms. The smallest absolute Gasteiger partial charge is 0.0891 e. The summed E-state index contributed by atoms with van der Waals surface area (Å²) in [5, 5.41) is 1.03. The van der Waals surface area contributed by atoms with Gasteiger partial charge in [0.2, 0.25) is 0 Å². The van der Waals surface area contributed by atoms with Crippen LogP contribution in [0.25, 0.3) is 0 Å². The maximum Gasteiger partial charge on any atom is 0.0891 e. The fourth-order valence-corrected chi connectivity index (χ4v) is 3.18. The monoisotopic (exact) mass is 195 g/mol. The molecule has 0 aliphatic heterocycles. The number of fused-ring (bicyclic) bond motifs is 1. The summed E-state index contributed by atoms with van der Waals surface area (Å²) in [5.74, 6) is 0. The zero-order valence-electron chi connectivity index (χ0n) is 8.61. The van der Waals surface area contributed by atoms with Crippen LogP contribution in [-0.2, 0) is 12.8 Å². The van der Waals surface area contributed by atoms with Crippen LogP contribution in [0.2, 0.25) is 0 Å². The summed E-state index contributed by atoms with van der Waals surface area (Å²) in [6.07, 6.45) is 3.74. The lowest BCUT2D eigenvalue weighted by atomic mass is 9.76. The van der Waals surface area contributed by atoms with Crippen LogP contribution in [0, 0.1) is 12.3 Å². The third kappa shape index (κ3) is 1.48. The molecule has 0 unspecified atom stereocenters. The second kappa shape index (κ2) is 2.74. The van der Waals surface area contributed by atoms with Gasteiger partial charge >= 0.3 is 0 Å². The molecule has 0 amide bonds. The number of hydrogen-bond donors (Lipinski definition) is 1. The third-order valence-corrected chi connectivity index (χ3v) is 4.30. The summed E-state index contributed by atoms with van der Waals surface area (Å²) in [6, 6.07) is 0. The minimum atomic E-state index is 0.477. The van der Waals surface area contributed by atoms with Crippen molar-refractivity contribution in [3.05, 3.63) is 16.0 Å². The maximum atomic E-state index is 5.93. The first kappa shape index (κ1) is 9.07. The number of nitrogen functional groups attached to an aromatic ring is 1. The Morgan fingerprint density at radius 2 is 2.08 bits per heavy atom. The zero-order chi connectivity index (χ0) is 9.64. The SMILES string of the molecule is Cc1c(N)sc2c1CC(C)(C)CC2. The second-order valence-corrected chi connectivity index (χ2v) is 5.97. The molecule has 0 spiro atoms. The lowest BCUT2D eigenvalue weighted by Gasteiger charge is -2.29. The Hall–Kier alpha value is -0.500. The molecule has 1 nitrogen and oxygen atoms in total. The van der Waals surface area contributed by atoms with Gasteiger partial charge in [-0.3, -0.25) is 0 Å². The zero-order valence-corrected chi connectivity index (χ0v) is 9.42. The predicted molar refractivity (Wildman–Crippen MR) is 59.3 cm³/mol. The molecule has 0 radical (unpaired) electrons. The average Bonchev–Trinajstić information content (AvgIpc) is 2.29. The highest BCUT2D eigenvalue weighted by atomic mass is 32.1. The van der Waals surface area contributed by atoms with E-state index >= 15 is 0 Å². The number of aryl methyl sites for hydroxylation is 1. The van der Waals surface area contributed by atoms with Crippen molar-refractivity contribution in [2.24, 2.45) is 5.41 Å². The molecule has 1 heterocycles. The van der Waals surface area contributed by atoms with E-state index in [-0.39, 0.29) is 0 Å². The molecule has 1 aliphatic carbocycles. The van der Waals surface area contributed by atoms with Gasteiger partial charge in [0.15, 0.2) is 0 Å². The first-order valence-electron chi connectivity index (χ1n) is 4.86. The van der Waals surface area contributed by atoms with Crippen LogP contribution < -0.4 is 5.73 Å². The topological polar surface area (TPSA) is 26.0 Å². The first-order valence-corrected chi connectivity index (χ1v) is 5.68. The van der Waals surface area contributed by atoms with Crippen LogP contribution in [0.5, 0.6) is 0 Å². The van der Waals surface area contributed by atoms with Crippen molar-refractivity contribution in [3.8, 4) is 0 Å². The molecule has 2 rings (SSSR count). The van der Waals surface area contributed by atoms with Gasteiger partial charge in [-0.25, -0.2) is 0 Å². The van der Waals surface area contributed by atoms with Crippen molar-refractivity contribution >= 4 is 16.3 Å². The highest BCUT2D eigenvalue weighted by molar-refractivity contribution is 7.16. The summed E-state index contributed by atoms with van der Waals surface area (Å²) < 4.78 is 0. The Labute approximate surface area is 84.0 Å². The number of anilines is 1. The lowest BCUT2D eigenvalue weighted by molar-refractivity contribution is 0.317. The predicted octanol–water partition coefficient (Wildman–Crippen LogP) is 3.15. The molecule has 1 aliphatic rings. The fourth-order valence-electron chi connectivity index (χ4n) is 2.08. The third-order valence-electron chi connectivity index (χ3n) is 3.08. The van der Waals surface area contributed by atoms with Crippen LogP contribution in [0.4, 0.5) is 5.00 Å². The lowest BCUT2D eigenvalue weighted by Crippen LogP contribution is -2.21. The number of thiophene rings is 1. The standard InChI is InChI=1S/C11H17NS/c1-7-8-6-11(2,3)5-4-9(8)13-10(7)12/h4-6,12H2,1-3H3. The van der Waals surface area contributed by atoms with E-state index in [9.17, 15) is 0 Å². The molecule has 0 atom stereocenters. The Balaban J connectivity index is 2.44. The van der Waals surface area contributed by atoms with Gasteiger partial charge in [-0.2, -0.15) is 0 Å². The van der Waals surface area contributed by atoms with Gasteiger partial charge in [0, 0.05) is 4.88 Å². The molecule has 2 N–H and O–H groups in total. The van der Waals surface area contributed by atoms with Crippen molar-refractivity contribution in [1.82, 2.24) is 0 Å². The van der Waals surface area contributed by atoms with Gasteiger partial charge in [0.25, 0.3) is 0 Å². The van der Waals surface area contributed by atoms with Crippen molar-refractivity contribution < 1.29 is 0 Å². The van der Waals surface area contributed by atoms with Crippen molar-refractivity contribution in [2.45, 2.75) is 40.0 Å². The molecule has 0 saturated carbocycles. The van der Waals surface area contributed by atoms with Crippen LogP contribution >= 0.6 is 11.3 Å². The average molecular weight is 195 g/mol. The van der Waals surface area contributed by atoms with E-state index in [1.54, 1.807) is 16.9 Å². The normalized spacial score (nSPS) is 19.9. The fraction of sp³-hybridized carbons (Fsp3) is 0.636. The number of hydrogen-bond acceptors (Lipinski definition) is 2. The summed E-state index contributed by atoms with van der Waals surface area (Å²) in [7, 11) is 0. The van der Waals surface area contributed by atoms with Crippen LogP contribution in [0.3, 0.4) is 0 Å². The molecule has 2 heteroatoms. The van der Waals surface area contributed by atoms with Gasteiger partial charge in [-0.15, -0.1) is 11.3 Å². The maximum absolute atomic E-state index is 5.93. The summed E-state index contributed by atoms with van der Waals surface area (Å²) in [6.45, 7) is 6.86. The van der Waals surface area contributed by atoms with Crippen molar-refractivity contribution in [3.63, 3.8) is 0 Å². The minimum Gasteiger partial charge on any atom is -0.390 e. The molecule has 0 saturated heterocycles. The van der Waals surface area contributed by atoms with E-state index in [0.29, 0.717) is 5.41 Å². The highest BCUT2D eigenvalue weighted by Gasteiger charge is 2.28. The Bertz CT molecular complexity index is 336. The van der Waals surface area contributed by atoms with Crippen LogP contribution in [0.15, 0.2) is 0 Å². The molecule has 13 heavy (non-hydrogen) atoms. The largest absolute Gasteiger partial charge is 0.390 e. The summed E-state index contributed by atoms with van der Waals surface area (Å²) >= 11 is 1.80. The Kier molecular flexibility index (Phi) is 1.91. The quantitative estimate of drug-likeness (QED) is 0.676. The van der Waals surface area contributed by atoms with E-state index in [1.807, 2.05) is 0 Å². The van der Waals surface area contributed by atoms with Gasteiger partial charge in [0.1, 0.15) is 0 Å². The Morgan fingerprint density at radius 3 is 2.77 bits per heavy atom. The Morgan fingerprint density at radius 1 is 1.38 bits per heavy atom. The molecular weight excluding hydrogens is 178 g/mol. The summed E-state index contributed by atoms with van der Waals surface area (Å²) in [5.41, 5.74) is 9.29. The number of rotatable bonds is 0. The molecular formula is C11H17NS. The number of nitrogens with two attached hydrogens (primary N) is 1. The van der Waals surface area contributed by atoms with E-state index in [0.717, 1.165) is 5.00 Å². The van der Waals surface area contributed by atoms with E-state index in [1.165, 1.54) is 29.7 Å². The molecule has 0 fully saturated rings. The minimum absolute atomic E-state index is 0.477. The molecule has 1 aromatic heterocycles. The van der Waals surface area contributed by atoms with E-state index < -0.39 is 0 Å². The highest BCUT2D eigenvalue weighted by Crippen LogP contribution is 2.42. The van der Waals surface area contributed by atoms with Gasteiger partial charge in [-0.1, -0.05) is 13.8 Å². The van der Waals surface area contributed by atoms with Gasteiger partial charge in [-0.05, 0) is 42.7 Å². The van der Waals surface area contributed by atoms with E-state index in [4.69, 9.17) is 5.73 Å². The van der Waals surface area contributed by atoms with E-state index in [2.05, 4.69) is 20.8 Å². The van der Waals surface area contributed by atoms with Crippen molar-refractivity contribution in [1.29, 1.82) is 0 Å². The molecule has 1 aromatic rings. The summed E-state index contributed by atoms with van der Waals surface area (Å²) in [4.78, 5) is 1.54. The van der Waals surface area contributed by atoms with Crippen LogP contribution in [-0.4, -0.2) is 0 Å². The first-order chi connectivity index (χ1) is 5.99. The molecule has 0 aromatic carbocycles. The van der Waals surface area contributed by atoms with Crippen molar-refractivity contribution in [2.75, 3.05) is 5.73 Å². The second-order valence-electron chi connectivity index (χ2n) is 4.83. The van der Waals surface area contributed by atoms with Gasteiger partial charge < -0.3 is 5.73 Å².